The molecule has 0 saturated heterocycles. The lowest BCUT2D eigenvalue weighted by molar-refractivity contribution is -0.138. The highest BCUT2D eigenvalue weighted by Gasteiger charge is 2.24. The van der Waals surface area contributed by atoms with E-state index in [4.69, 9.17) is 9.84 Å². The highest BCUT2D eigenvalue weighted by Crippen LogP contribution is 2.30. The Morgan fingerprint density at radius 1 is 0.971 bits per heavy atom. The van der Waals surface area contributed by atoms with Crippen molar-refractivity contribution >= 4 is 39.2 Å². The number of benzene rings is 2. The van der Waals surface area contributed by atoms with E-state index in [1.807, 2.05) is 30.3 Å². The third kappa shape index (κ3) is 6.57. The van der Waals surface area contributed by atoms with Crippen LogP contribution in [0.1, 0.15) is 52.1 Å². The Kier molecular flexibility index (Phi) is 7.97. The van der Waals surface area contributed by atoms with Crippen molar-refractivity contribution in [2.75, 3.05) is 13.1 Å². The molecule has 4 rings (SSSR count). The molecular weight excluding hydrogens is 471 g/mol. The van der Waals surface area contributed by atoms with Gasteiger partial charge in [-0.25, -0.2) is 4.39 Å². The Balaban J connectivity index is 1.21. The first-order valence-electron chi connectivity index (χ1n) is 11.6. The van der Waals surface area contributed by atoms with Gasteiger partial charge in [-0.3, -0.25) is 14.4 Å². The van der Waals surface area contributed by atoms with Gasteiger partial charge in [0.2, 0.25) is 0 Å². The number of hydrogen-bond acceptors (Lipinski definition) is 5. The topological polar surface area (TPSA) is 105 Å². The number of amides is 2. The summed E-state index contributed by atoms with van der Waals surface area (Å²) in [7, 11) is 0. The first-order valence-corrected chi connectivity index (χ1v) is 12.4. The van der Waals surface area contributed by atoms with Gasteiger partial charge in [0.1, 0.15) is 11.6 Å². The minimum atomic E-state index is -0.788. The molecule has 0 atom stereocenters. The number of nitrogens with one attached hydrogen (secondary N) is 2. The van der Waals surface area contributed by atoms with Crippen LogP contribution in [0.25, 0.3) is 10.1 Å². The second kappa shape index (κ2) is 11.3. The summed E-state index contributed by atoms with van der Waals surface area (Å²) in [5.74, 6) is -1.76. The molecule has 1 fully saturated rings. The maximum atomic E-state index is 14.5. The van der Waals surface area contributed by atoms with Gasteiger partial charge >= 0.3 is 5.97 Å². The molecule has 184 valence electrons. The normalized spacial score (nSPS) is 17.6. The van der Waals surface area contributed by atoms with Gasteiger partial charge in [0.25, 0.3) is 11.8 Å². The predicted molar refractivity (Wildman–Crippen MR) is 132 cm³/mol. The summed E-state index contributed by atoms with van der Waals surface area (Å²) in [6.07, 6.45) is 3.03. The Morgan fingerprint density at radius 3 is 2.37 bits per heavy atom. The summed E-state index contributed by atoms with van der Waals surface area (Å²) >= 11 is 1.40. The summed E-state index contributed by atoms with van der Waals surface area (Å²) in [5, 5.41) is 15.3. The number of halogens is 1. The molecule has 9 heteroatoms. The van der Waals surface area contributed by atoms with Crippen LogP contribution in [-0.4, -0.2) is 42.1 Å². The molecule has 7 nitrogen and oxygen atoms in total. The zero-order valence-corrected chi connectivity index (χ0v) is 19.9. The van der Waals surface area contributed by atoms with E-state index in [9.17, 15) is 18.8 Å². The van der Waals surface area contributed by atoms with E-state index in [1.54, 1.807) is 6.07 Å². The van der Waals surface area contributed by atoms with Crippen LogP contribution in [0.3, 0.4) is 0 Å². The smallest absolute Gasteiger partial charge is 0.303 e. The van der Waals surface area contributed by atoms with Crippen LogP contribution in [-0.2, 0) is 4.79 Å². The summed E-state index contributed by atoms with van der Waals surface area (Å²) in [6, 6.07) is 13.7. The molecule has 0 radical (unpaired) electrons. The molecule has 2 aromatic carbocycles. The number of carbonyl (C=O) groups excluding carboxylic acids is 2. The van der Waals surface area contributed by atoms with Crippen LogP contribution in [0.2, 0.25) is 0 Å². The van der Waals surface area contributed by atoms with Crippen LogP contribution in [0.5, 0.6) is 5.75 Å². The third-order valence-corrected chi connectivity index (χ3v) is 7.21. The molecule has 0 spiro atoms. The summed E-state index contributed by atoms with van der Waals surface area (Å²) in [4.78, 5) is 36.1. The standard InChI is InChI=1S/C26H27FN2O5S/c27-21-15-19(34-18-7-5-16(6-8-18)13-24(30)31)9-10-20(21)25(32)28-11-12-29-26(33)23-14-17-3-1-2-4-22(17)35-23/h1-4,9-10,14-16,18H,5-8,11-13H2,(H,28,32)(H,29,33)(H,30,31). The number of fused-ring (bicyclic) bond motifs is 1. The number of carboxylic acids is 1. The zero-order chi connectivity index (χ0) is 24.8. The SMILES string of the molecule is O=C(O)CC1CCC(Oc2ccc(C(=O)NCCNC(=O)c3cc4ccccc4s3)c(F)c2)CC1. The zero-order valence-electron chi connectivity index (χ0n) is 19.1. The van der Waals surface area contributed by atoms with Crippen molar-refractivity contribution in [3.63, 3.8) is 0 Å². The summed E-state index contributed by atoms with van der Waals surface area (Å²) in [6.45, 7) is 0.374. The number of aliphatic carboxylic acids is 1. The molecule has 0 aliphatic heterocycles. The summed E-state index contributed by atoms with van der Waals surface area (Å²) < 4.78 is 21.4. The molecular formula is C26H27FN2O5S. The maximum Gasteiger partial charge on any atom is 0.303 e. The largest absolute Gasteiger partial charge is 0.490 e. The molecule has 0 bridgehead atoms. The van der Waals surface area contributed by atoms with Crippen molar-refractivity contribution in [2.45, 2.75) is 38.2 Å². The van der Waals surface area contributed by atoms with Gasteiger partial charge in [-0.05, 0) is 61.3 Å². The molecule has 1 aliphatic carbocycles. The molecule has 35 heavy (non-hydrogen) atoms. The average molecular weight is 499 g/mol. The fourth-order valence-corrected chi connectivity index (χ4v) is 5.25. The molecule has 0 unspecified atom stereocenters. The van der Waals surface area contributed by atoms with Gasteiger partial charge in [0.15, 0.2) is 0 Å². The van der Waals surface area contributed by atoms with Crippen molar-refractivity contribution in [3.8, 4) is 5.75 Å². The second-order valence-electron chi connectivity index (χ2n) is 8.66. The molecule has 1 aromatic heterocycles. The van der Waals surface area contributed by atoms with Gasteiger partial charge in [0, 0.05) is 30.3 Å². The Hall–Kier alpha value is -3.46. The van der Waals surface area contributed by atoms with Crippen molar-refractivity contribution in [3.05, 3.63) is 64.8 Å². The quantitative estimate of drug-likeness (QED) is 0.374. The van der Waals surface area contributed by atoms with E-state index < -0.39 is 17.7 Å². The Morgan fingerprint density at radius 2 is 1.69 bits per heavy atom. The van der Waals surface area contributed by atoms with Crippen LogP contribution in [0, 0.1) is 11.7 Å². The van der Waals surface area contributed by atoms with Gasteiger partial charge < -0.3 is 20.5 Å². The molecule has 1 saturated carbocycles. The van der Waals surface area contributed by atoms with Crippen molar-refractivity contribution in [1.82, 2.24) is 10.6 Å². The van der Waals surface area contributed by atoms with Gasteiger partial charge in [-0.15, -0.1) is 11.3 Å². The fourth-order valence-electron chi connectivity index (χ4n) is 4.27. The van der Waals surface area contributed by atoms with Gasteiger partial charge in [0.05, 0.1) is 16.5 Å². The lowest BCUT2D eigenvalue weighted by Crippen LogP contribution is -2.34. The number of ether oxygens (including phenoxy) is 1. The number of carboxylic acid groups (broad SMARTS) is 1. The molecule has 2 amide bonds. The molecule has 3 aromatic rings. The fraction of sp³-hybridized carbons (Fsp3) is 0.346. The van der Waals surface area contributed by atoms with E-state index in [0.29, 0.717) is 10.6 Å². The predicted octanol–water partition coefficient (Wildman–Crippen LogP) is 4.61. The van der Waals surface area contributed by atoms with Crippen LogP contribution in [0.15, 0.2) is 48.5 Å². The lowest BCUT2D eigenvalue weighted by atomic mass is 9.85. The number of hydrogen-bond donors (Lipinski definition) is 3. The Labute approximate surface area is 206 Å². The molecule has 1 heterocycles. The highest BCUT2D eigenvalue weighted by atomic mass is 32.1. The van der Waals surface area contributed by atoms with E-state index in [-0.39, 0.29) is 43.0 Å². The van der Waals surface area contributed by atoms with E-state index in [1.165, 1.54) is 23.5 Å². The summed E-state index contributed by atoms with van der Waals surface area (Å²) in [5.41, 5.74) is -0.0988. The second-order valence-corrected chi connectivity index (χ2v) is 9.74. The third-order valence-electron chi connectivity index (χ3n) is 6.09. The Bertz CT molecular complexity index is 1190. The number of carbonyl (C=O) groups is 3. The van der Waals surface area contributed by atoms with Crippen LogP contribution < -0.4 is 15.4 Å². The van der Waals surface area contributed by atoms with Crippen LogP contribution >= 0.6 is 11.3 Å². The first-order chi connectivity index (χ1) is 16.9. The minimum absolute atomic E-state index is 0.0938. The van der Waals surface area contributed by atoms with Gasteiger partial charge in [-0.2, -0.15) is 0 Å². The average Bonchev–Trinajstić information content (AvgIpc) is 3.27. The van der Waals surface area contributed by atoms with Crippen LogP contribution in [0.4, 0.5) is 4.39 Å². The van der Waals surface area contributed by atoms with Crippen molar-refractivity contribution in [2.24, 2.45) is 5.92 Å². The minimum Gasteiger partial charge on any atom is -0.490 e. The van der Waals surface area contributed by atoms with E-state index in [2.05, 4.69) is 10.6 Å². The lowest BCUT2D eigenvalue weighted by Gasteiger charge is -2.28. The highest BCUT2D eigenvalue weighted by molar-refractivity contribution is 7.20. The first kappa shape index (κ1) is 24.7. The van der Waals surface area contributed by atoms with Crippen molar-refractivity contribution in [1.29, 1.82) is 0 Å². The number of rotatable bonds is 9. The molecule has 3 N–H and O–H groups in total. The van der Waals surface area contributed by atoms with E-state index in [0.717, 1.165) is 35.8 Å². The van der Waals surface area contributed by atoms with Crippen molar-refractivity contribution < 1.29 is 28.6 Å². The number of thiophene rings is 1. The maximum absolute atomic E-state index is 14.5. The molecule has 1 aliphatic rings. The monoisotopic (exact) mass is 498 g/mol. The van der Waals surface area contributed by atoms with Gasteiger partial charge in [-0.1, -0.05) is 18.2 Å². The van der Waals surface area contributed by atoms with E-state index >= 15 is 0 Å².